The van der Waals surface area contributed by atoms with Crippen molar-refractivity contribution >= 4 is 11.0 Å². The van der Waals surface area contributed by atoms with Crippen LogP contribution in [0.3, 0.4) is 0 Å². The number of hydrogen-bond donors (Lipinski definition) is 1. The molecule has 2 aromatic carbocycles. The van der Waals surface area contributed by atoms with Crippen molar-refractivity contribution in [2.24, 2.45) is 0 Å². The molecule has 0 radical (unpaired) electrons. The van der Waals surface area contributed by atoms with Crippen molar-refractivity contribution in [3.63, 3.8) is 0 Å². The Hall–Kier alpha value is -3.15. The number of aromatic hydroxyl groups is 1. The summed E-state index contributed by atoms with van der Waals surface area (Å²) in [6.07, 6.45) is 0. The molecule has 0 fully saturated rings. The standard InChI is InChI=1S/C18H16O6/c1-21-11-7-5-4-6-10(11)17-18(23-3)16(20)14-12(24-17)8-9-13(22-2)15(14)19/h4-9,19H,1-3H3. The quantitative estimate of drug-likeness (QED) is 0.792. The first-order valence-corrected chi connectivity index (χ1v) is 7.16. The summed E-state index contributed by atoms with van der Waals surface area (Å²) in [5.41, 5.74) is 0.308. The van der Waals surface area contributed by atoms with Crippen LogP contribution in [0, 0.1) is 0 Å². The Balaban J connectivity index is 2.41. The number of fused-ring (bicyclic) bond motifs is 1. The van der Waals surface area contributed by atoms with Gasteiger partial charge in [0.2, 0.25) is 11.2 Å². The number of phenols is 1. The second-order valence-electron chi connectivity index (χ2n) is 4.98. The van der Waals surface area contributed by atoms with Gasteiger partial charge in [-0.2, -0.15) is 0 Å². The van der Waals surface area contributed by atoms with E-state index in [1.54, 1.807) is 24.3 Å². The van der Waals surface area contributed by atoms with Gasteiger partial charge < -0.3 is 23.7 Å². The number of rotatable bonds is 4. The molecule has 1 N–H and O–H groups in total. The predicted octanol–water partition coefficient (Wildman–Crippen LogP) is 3.19. The van der Waals surface area contributed by atoms with Gasteiger partial charge in [-0.3, -0.25) is 4.79 Å². The molecule has 0 saturated carbocycles. The lowest BCUT2D eigenvalue weighted by atomic mass is 10.1. The summed E-state index contributed by atoms with van der Waals surface area (Å²) in [5, 5.41) is 10.3. The minimum absolute atomic E-state index is 0.00449. The fourth-order valence-corrected chi connectivity index (χ4v) is 2.59. The van der Waals surface area contributed by atoms with Gasteiger partial charge >= 0.3 is 0 Å². The summed E-state index contributed by atoms with van der Waals surface area (Å²) >= 11 is 0. The van der Waals surface area contributed by atoms with Gasteiger partial charge in [0.15, 0.2) is 17.3 Å². The highest BCUT2D eigenvalue weighted by molar-refractivity contribution is 5.89. The van der Waals surface area contributed by atoms with E-state index in [-0.39, 0.29) is 34.0 Å². The van der Waals surface area contributed by atoms with Gasteiger partial charge in [0.25, 0.3) is 0 Å². The van der Waals surface area contributed by atoms with E-state index in [1.807, 2.05) is 6.07 Å². The lowest BCUT2D eigenvalue weighted by molar-refractivity contribution is 0.373. The molecule has 0 spiro atoms. The number of methoxy groups -OCH3 is 3. The molecule has 0 aliphatic heterocycles. The maximum absolute atomic E-state index is 12.8. The molecule has 3 rings (SSSR count). The van der Waals surface area contributed by atoms with Crippen LogP contribution >= 0.6 is 0 Å². The molecule has 0 saturated heterocycles. The highest BCUT2D eigenvalue weighted by Crippen LogP contribution is 2.40. The Kier molecular flexibility index (Phi) is 4.04. The molecule has 24 heavy (non-hydrogen) atoms. The summed E-state index contributed by atoms with van der Waals surface area (Å²) in [6, 6.07) is 10.2. The lowest BCUT2D eigenvalue weighted by Gasteiger charge is -2.13. The number of hydrogen-bond acceptors (Lipinski definition) is 6. The maximum atomic E-state index is 12.8. The molecule has 0 aliphatic carbocycles. The molecule has 124 valence electrons. The van der Waals surface area contributed by atoms with Crippen LogP contribution in [-0.2, 0) is 0 Å². The van der Waals surface area contributed by atoms with E-state index in [4.69, 9.17) is 18.6 Å². The van der Waals surface area contributed by atoms with E-state index in [2.05, 4.69) is 0 Å². The first-order valence-electron chi connectivity index (χ1n) is 7.16. The highest BCUT2D eigenvalue weighted by atomic mass is 16.5. The third-order valence-electron chi connectivity index (χ3n) is 3.73. The fourth-order valence-electron chi connectivity index (χ4n) is 2.59. The van der Waals surface area contributed by atoms with E-state index in [0.29, 0.717) is 11.3 Å². The molecule has 0 atom stereocenters. The van der Waals surface area contributed by atoms with Crippen LogP contribution in [0.2, 0.25) is 0 Å². The van der Waals surface area contributed by atoms with Crippen LogP contribution in [-0.4, -0.2) is 26.4 Å². The maximum Gasteiger partial charge on any atom is 0.239 e. The van der Waals surface area contributed by atoms with Crippen molar-refractivity contribution in [1.29, 1.82) is 0 Å². The Labute approximate surface area is 137 Å². The summed E-state index contributed by atoms with van der Waals surface area (Å²) in [4.78, 5) is 12.8. The molecule has 1 heterocycles. The first-order chi connectivity index (χ1) is 11.6. The monoisotopic (exact) mass is 328 g/mol. The van der Waals surface area contributed by atoms with Crippen LogP contribution in [0.4, 0.5) is 0 Å². The minimum Gasteiger partial charge on any atom is -0.504 e. The van der Waals surface area contributed by atoms with E-state index >= 15 is 0 Å². The summed E-state index contributed by atoms with van der Waals surface area (Å²) in [7, 11) is 4.30. The van der Waals surface area contributed by atoms with Crippen LogP contribution in [0.15, 0.2) is 45.6 Å². The van der Waals surface area contributed by atoms with Gasteiger partial charge in [0, 0.05) is 0 Å². The molecular weight excluding hydrogens is 312 g/mol. The van der Waals surface area contributed by atoms with Crippen LogP contribution in [0.25, 0.3) is 22.3 Å². The van der Waals surface area contributed by atoms with Crippen molar-refractivity contribution in [1.82, 2.24) is 0 Å². The van der Waals surface area contributed by atoms with Crippen molar-refractivity contribution in [2.45, 2.75) is 0 Å². The number of benzene rings is 2. The zero-order valence-electron chi connectivity index (χ0n) is 13.5. The third kappa shape index (κ3) is 2.32. The zero-order valence-corrected chi connectivity index (χ0v) is 13.5. The topological polar surface area (TPSA) is 78.1 Å². The average molecular weight is 328 g/mol. The minimum atomic E-state index is -0.490. The summed E-state index contributed by atoms with van der Waals surface area (Å²) in [5.74, 6) is 0.652. The van der Waals surface area contributed by atoms with Crippen molar-refractivity contribution in [3.8, 4) is 34.3 Å². The third-order valence-corrected chi connectivity index (χ3v) is 3.73. The van der Waals surface area contributed by atoms with Gasteiger partial charge in [-0.1, -0.05) is 12.1 Å². The van der Waals surface area contributed by atoms with Gasteiger partial charge in [-0.25, -0.2) is 0 Å². The Morgan fingerprint density at radius 1 is 0.917 bits per heavy atom. The van der Waals surface area contributed by atoms with Crippen molar-refractivity contribution in [2.75, 3.05) is 21.3 Å². The van der Waals surface area contributed by atoms with Gasteiger partial charge in [0.1, 0.15) is 16.7 Å². The molecule has 0 amide bonds. The summed E-state index contributed by atoms with van der Waals surface area (Å²) in [6.45, 7) is 0. The fraction of sp³-hybridized carbons (Fsp3) is 0.167. The van der Waals surface area contributed by atoms with Crippen LogP contribution in [0.5, 0.6) is 23.0 Å². The lowest BCUT2D eigenvalue weighted by Crippen LogP contribution is -2.08. The first kappa shape index (κ1) is 15.7. The van der Waals surface area contributed by atoms with Crippen LogP contribution < -0.4 is 19.6 Å². The van der Waals surface area contributed by atoms with E-state index in [0.717, 1.165) is 0 Å². The van der Waals surface area contributed by atoms with E-state index in [1.165, 1.54) is 27.4 Å². The normalized spacial score (nSPS) is 10.6. The Morgan fingerprint density at radius 3 is 2.29 bits per heavy atom. The smallest absolute Gasteiger partial charge is 0.239 e. The molecular formula is C18H16O6. The molecule has 0 unspecified atom stereocenters. The molecule has 6 heteroatoms. The second kappa shape index (κ2) is 6.16. The highest BCUT2D eigenvalue weighted by Gasteiger charge is 2.22. The predicted molar refractivity (Wildman–Crippen MR) is 89.2 cm³/mol. The Bertz CT molecular complexity index is 958. The largest absolute Gasteiger partial charge is 0.504 e. The van der Waals surface area contributed by atoms with Gasteiger partial charge in [0.05, 0.1) is 26.9 Å². The van der Waals surface area contributed by atoms with E-state index < -0.39 is 5.43 Å². The average Bonchev–Trinajstić information content (AvgIpc) is 2.61. The second-order valence-corrected chi connectivity index (χ2v) is 4.98. The number of ether oxygens (including phenoxy) is 3. The van der Waals surface area contributed by atoms with Crippen molar-refractivity contribution < 1.29 is 23.7 Å². The van der Waals surface area contributed by atoms with Gasteiger partial charge in [-0.15, -0.1) is 0 Å². The zero-order chi connectivity index (χ0) is 17.3. The Morgan fingerprint density at radius 2 is 1.62 bits per heavy atom. The van der Waals surface area contributed by atoms with Crippen LogP contribution in [0.1, 0.15) is 0 Å². The van der Waals surface area contributed by atoms with Gasteiger partial charge in [-0.05, 0) is 24.3 Å². The molecule has 0 aliphatic rings. The molecule has 3 aromatic rings. The summed E-state index contributed by atoms with van der Waals surface area (Å²) < 4.78 is 21.5. The SMILES string of the molecule is COc1ccccc1-c1oc2ccc(OC)c(O)c2c(=O)c1OC. The molecule has 1 aromatic heterocycles. The number of para-hydroxylation sites is 1. The molecule has 0 bridgehead atoms. The van der Waals surface area contributed by atoms with E-state index in [9.17, 15) is 9.90 Å². The number of phenolic OH excluding ortho intramolecular Hbond substituents is 1. The molecule has 6 nitrogen and oxygen atoms in total. The van der Waals surface area contributed by atoms with Crippen molar-refractivity contribution in [3.05, 3.63) is 46.6 Å².